The Hall–Kier alpha value is 0.0100. The average molecular weight is 1540 g/mol. The molecular weight excluding hydrogens is 1370 g/mol. The van der Waals surface area contributed by atoms with Gasteiger partial charge in [0.15, 0.2) is 20.0 Å². The van der Waals surface area contributed by atoms with Crippen LogP contribution in [0.4, 0.5) is 26.3 Å². The Morgan fingerprint density at radius 3 is 0.392 bits per heavy atom. The molecule has 0 atom stereocenters. The highest BCUT2D eigenvalue weighted by Crippen LogP contribution is 2.56. The van der Waals surface area contributed by atoms with Crippen molar-refractivity contribution in [3.8, 4) is 0 Å². The molecule has 0 rings (SSSR count). The molecule has 0 aromatic carbocycles. The van der Waals surface area contributed by atoms with Crippen molar-refractivity contribution < 1.29 is 43.2 Å². The van der Waals surface area contributed by atoms with E-state index in [1.807, 2.05) is 0 Å². The zero-order valence-electron chi connectivity index (χ0n) is 68.7. The summed E-state index contributed by atoms with van der Waals surface area (Å²) in [6.07, 6.45) is 115. The molecule has 6 nitrogen and oxygen atoms in total. The molecule has 0 N–H and O–H groups in total. The zero-order valence-corrected chi connectivity index (χ0v) is 72.1. The first kappa shape index (κ1) is 104. The van der Waals surface area contributed by atoms with Crippen LogP contribution in [-0.2, 0) is 20.0 Å². The van der Waals surface area contributed by atoms with Gasteiger partial charge >= 0.3 is 11.0 Å². The molecule has 0 heterocycles. The smallest absolute Gasteiger partial charge is 0.421 e. The van der Waals surface area contributed by atoms with Crippen LogP contribution in [0.3, 0.4) is 0 Å². The largest absolute Gasteiger partial charge is 0.480 e. The zero-order chi connectivity index (χ0) is 75.6. The molecule has 616 valence electrons. The molecule has 0 aliphatic rings. The van der Waals surface area contributed by atoms with E-state index >= 15 is 0 Å². The second kappa shape index (κ2) is 75.1. The lowest BCUT2D eigenvalue weighted by atomic mass is 10.1. The Labute approximate surface area is 633 Å². The molecule has 102 heavy (non-hydrogen) atoms. The molecule has 0 fully saturated rings. The second-order valence-electron chi connectivity index (χ2n) is 31.9. The molecule has 0 aliphatic heterocycles. The number of sulfonamides is 2. The van der Waals surface area contributed by atoms with Gasteiger partial charge in [-0.3, -0.25) is 0 Å². The monoisotopic (exact) mass is 1540 g/mol. The molecule has 0 aromatic rings. The average Bonchev–Trinajstić information content (AvgIpc) is 0.803. The van der Waals surface area contributed by atoms with Gasteiger partial charge in [0.25, 0.3) is 0 Å². The van der Waals surface area contributed by atoms with Crippen molar-refractivity contribution in [1.82, 2.24) is 4.17 Å². The fourth-order valence-corrected chi connectivity index (χ4v) is 28.3. The van der Waals surface area contributed by atoms with Crippen molar-refractivity contribution >= 4 is 34.2 Å². The van der Waals surface area contributed by atoms with Gasteiger partial charge in [-0.2, -0.15) is 30.5 Å². The van der Waals surface area contributed by atoms with Gasteiger partial charge in [0.2, 0.25) is 14.1 Å². The Bertz CT molecular complexity index is 1800. The highest BCUT2D eigenvalue weighted by Gasteiger charge is 2.47. The third kappa shape index (κ3) is 68.1. The quantitative estimate of drug-likeness (QED) is 0.0262. The maximum absolute atomic E-state index is 11.4. The van der Waals surface area contributed by atoms with Crippen LogP contribution in [0.5, 0.6) is 0 Å². The number of hydrogen-bond donors (Lipinski definition) is 0. The molecule has 16 heteroatoms. The van der Waals surface area contributed by atoms with E-state index in [-0.39, 0.29) is 0 Å². The minimum Gasteiger partial charge on any atom is -0.421 e. The summed E-state index contributed by atoms with van der Waals surface area (Å²) >= 11 is 0. The Kier molecular flexibility index (Phi) is 76.6. The minimum absolute atomic E-state index is 0.778. The van der Waals surface area contributed by atoms with Crippen molar-refractivity contribution in [2.75, 3.05) is 37.0 Å². The predicted octanol–water partition coefficient (Wildman–Crippen LogP) is 33.7. The first-order chi connectivity index (χ1) is 49.3. The summed E-state index contributed by atoms with van der Waals surface area (Å²) < 4.78 is 116. The summed E-state index contributed by atoms with van der Waals surface area (Å²) in [5, 5.41) is 0. The van der Waals surface area contributed by atoms with Crippen molar-refractivity contribution in [3.63, 3.8) is 0 Å². The van der Waals surface area contributed by atoms with Crippen LogP contribution in [0.2, 0.25) is 0 Å². The number of nitrogens with zero attached hydrogens (tertiary/aromatic N) is 2. The molecule has 0 aliphatic carbocycles. The molecular formula is C86H174F6N2O4P2S2. The first-order valence-electron chi connectivity index (χ1n) is 45.1. The fraction of sp³-hybridized carbons (Fsp3) is 1.00. The first-order valence-corrected chi connectivity index (χ1v) is 52.6. The molecule has 0 saturated carbocycles. The van der Waals surface area contributed by atoms with E-state index in [9.17, 15) is 43.2 Å². The Morgan fingerprint density at radius 1 is 0.196 bits per heavy atom. The van der Waals surface area contributed by atoms with Gasteiger partial charge in [0.05, 0.1) is 0 Å². The lowest BCUT2D eigenvalue weighted by Crippen LogP contribution is -2.30. The van der Waals surface area contributed by atoms with E-state index in [0.29, 0.717) is 0 Å². The van der Waals surface area contributed by atoms with E-state index in [2.05, 4.69) is 41.5 Å². The van der Waals surface area contributed by atoms with Crippen LogP contribution in [-0.4, -0.2) is 64.8 Å². The molecule has 0 radical (unpaired) electrons. The predicted molar refractivity (Wildman–Crippen MR) is 445 cm³/mol. The van der Waals surface area contributed by atoms with E-state index in [4.69, 9.17) is 4.17 Å². The fourth-order valence-electron chi connectivity index (χ4n) is 15.0. The summed E-state index contributed by atoms with van der Waals surface area (Å²) in [5.41, 5.74) is -12.4. The highest BCUT2D eigenvalue weighted by atomic mass is 32.3. The van der Waals surface area contributed by atoms with Gasteiger partial charge in [-0.1, -0.05) is 465 Å². The number of hydrogen-bond acceptors (Lipinski definition) is 4. The topological polar surface area (TPSA) is 96.5 Å². The number of unbranched alkanes of at least 4 members (excludes halogenated alkanes) is 66. The van der Waals surface area contributed by atoms with E-state index < -0.39 is 45.2 Å². The van der Waals surface area contributed by atoms with Crippen LogP contribution in [0, 0.1) is 0 Å². The van der Waals surface area contributed by atoms with Crippen LogP contribution in [0.25, 0.3) is 4.13 Å². The van der Waals surface area contributed by atoms with Gasteiger partial charge in [-0.15, -0.1) is 0 Å². The van der Waals surface area contributed by atoms with Crippen LogP contribution in [0.1, 0.15) is 504 Å². The maximum atomic E-state index is 11.4. The van der Waals surface area contributed by atoms with Crippen LogP contribution in [0.15, 0.2) is 0 Å². The number of alkyl halides is 6. The Morgan fingerprint density at radius 2 is 0.294 bits per heavy atom. The summed E-state index contributed by atoms with van der Waals surface area (Å²) in [5.74, 6) is 0. The summed E-state index contributed by atoms with van der Waals surface area (Å²) in [6.45, 7) is 14.2. The van der Waals surface area contributed by atoms with Crippen molar-refractivity contribution in [2.45, 2.75) is 515 Å². The van der Waals surface area contributed by atoms with Gasteiger partial charge in [0.1, 0.15) is 0 Å². The lowest BCUT2D eigenvalue weighted by molar-refractivity contribution is -0.0444. The summed E-state index contributed by atoms with van der Waals surface area (Å²) in [6, 6.07) is 0. The number of rotatable bonds is 80. The maximum Gasteiger partial charge on any atom is 0.480 e. The van der Waals surface area contributed by atoms with E-state index in [1.165, 1.54) is 499 Å². The van der Waals surface area contributed by atoms with Crippen LogP contribution >= 0.6 is 14.1 Å². The Balaban J connectivity index is 0. The SMILES string of the molecule is CCCCCCCCCCCCCCP(CCCCCCCCCCCCCC)(CCCCCCCCCCCCCC)=[N+]=P(CCCCCCCCCCCCCC)(CCCCCCCCCCCCCC)CCCCCCCCCCCCCC.O=S(=O)([N-]S(=O)(=O)C(F)(F)F)C(F)(F)F. The third-order valence-corrected chi connectivity index (χ3v) is 34.4. The van der Waals surface area contributed by atoms with E-state index in [1.54, 1.807) is 0 Å². The third-order valence-electron chi connectivity index (χ3n) is 21.7. The van der Waals surface area contributed by atoms with Gasteiger partial charge < -0.3 is 4.13 Å². The van der Waals surface area contributed by atoms with Gasteiger partial charge in [-0.25, -0.2) is 16.8 Å². The van der Waals surface area contributed by atoms with Crippen molar-refractivity contribution in [2.24, 2.45) is 0 Å². The normalized spacial score (nSPS) is 12.6. The molecule has 0 amide bonds. The lowest BCUT2D eigenvalue weighted by Gasteiger charge is -2.22. The molecule has 0 bridgehead atoms. The summed E-state index contributed by atoms with van der Waals surface area (Å²) in [4.78, 5) is 0. The number of halogens is 6. The second-order valence-corrected chi connectivity index (χ2v) is 43.1. The van der Waals surface area contributed by atoms with Crippen LogP contribution < -0.4 is 4.17 Å². The minimum atomic E-state index is -6.72. The standard InChI is InChI=1S/C84H174NP2.C2F6NO4S2/c1-7-13-19-25-31-37-43-49-55-61-67-73-79-86(80-74-68-62-56-50-44-38-32-26-20-14-8-2,81-75-69-63-57-51-45-39-33-27-21-15-9-3)85-87(82-76-70-64-58-52-46-40-34-28-22-16-10-4,83-77-71-65-59-53-47-41-35-29-23-17-11-5)84-78-72-66-60-54-48-42-36-30-24-18-12-6;3-1(4,5)14(10,11)9-15(12,13)2(6,7)8/h7-84H2,1-6H3;/q+1;-1. The molecule has 0 spiro atoms. The van der Waals surface area contributed by atoms with Crippen molar-refractivity contribution in [1.29, 1.82) is 0 Å². The molecule has 0 unspecified atom stereocenters. The van der Waals surface area contributed by atoms with Gasteiger partial charge in [-0.05, 0) is 38.5 Å². The van der Waals surface area contributed by atoms with Gasteiger partial charge in [0, 0.05) is 37.0 Å². The summed E-state index contributed by atoms with van der Waals surface area (Å²) in [7, 11) is -16.3. The van der Waals surface area contributed by atoms with E-state index in [0.717, 1.165) is 4.13 Å². The molecule has 0 saturated heterocycles. The highest BCUT2D eigenvalue weighted by molar-refractivity contribution is 8.13. The van der Waals surface area contributed by atoms with Crippen molar-refractivity contribution in [3.05, 3.63) is 4.13 Å². The molecule has 0 aromatic heterocycles.